The summed E-state index contributed by atoms with van der Waals surface area (Å²) >= 11 is 7.45. The van der Waals surface area contributed by atoms with E-state index in [1.165, 1.54) is 0 Å². The minimum absolute atomic E-state index is 0.168. The van der Waals surface area contributed by atoms with Gasteiger partial charge in [-0.25, -0.2) is 0 Å². The van der Waals surface area contributed by atoms with Gasteiger partial charge in [0.1, 0.15) is 6.04 Å². The summed E-state index contributed by atoms with van der Waals surface area (Å²) in [5.41, 5.74) is 1.16. The van der Waals surface area contributed by atoms with Crippen molar-refractivity contribution in [3.8, 4) is 0 Å². The molecule has 144 valence electrons. The van der Waals surface area contributed by atoms with Crippen LogP contribution in [0, 0.1) is 0 Å². The van der Waals surface area contributed by atoms with E-state index in [1.807, 2.05) is 14.1 Å². The van der Waals surface area contributed by atoms with Crippen LogP contribution in [-0.2, 0) is 11.3 Å². The Morgan fingerprint density at radius 1 is 1.33 bits per heavy atom. The van der Waals surface area contributed by atoms with Crippen molar-refractivity contribution in [3.63, 3.8) is 0 Å². The van der Waals surface area contributed by atoms with E-state index in [0.717, 1.165) is 13.1 Å². The zero-order chi connectivity index (χ0) is 19.4. The molecular weight excluding hydrogens is 386 g/mol. The maximum Gasteiger partial charge on any atom is 0.255 e. The zero-order valence-electron chi connectivity index (χ0n) is 15.3. The van der Waals surface area contributed by atoms with E-state index in [4.69, 9.17) is 11.6 Å². The van der Waals surface area contributed by atoms with E-state index in [-0.39, 0.29) is 11.8 Å². The van der Waals surface area contributed by atoms with E-state index in [0.29, 0.717) is 27.9 Å². The molecule has 1 N–H and O–H groups in total. The van der Waals surface area contributed by atoms with Gasteiger partial charge in [0.2, 0.25) is 5.91 Å². The van der Waals surface area contributed by atoms with E-state index >= 15 is 0 Å². The number of halogens is 1. The molecule has 0 aliphatic carbocycles. The number of hydrogen-bond donors (Lipinski definition) is 1. The molecule has 1 saturated heterocycles. The number of aromatic nitrogens is 2. The maximum absolute atomic E-state index is 12.7. The fraction of sp³-hybridized carbons (Fsp3) is 0.389. The number of likely N-dealkylation sites (N-methyl/N-ethyl adjacent to an activating group) is 1. The fourth-order valence-corrected chi connectivity index (χ4v) is 3.98. The first kappa shape index (κ1) is 19.7. The summed E-state index contributed by atoms with van der Waals surface area (Å²) in [6, 6.07) is 6.20. The van der Waals surface area contributed by atoms with Gasteiger partial charge in [-0.1, -0.05) is 11.6 Å². The van der Waals surface area contributed by atoms with Crippen molar-refractivity contribution in [2.24, 2.45) is 0 Å². The normalized spacial score (nSPS) is 16.7. The number of carbonyl (C=O) groups excluding carboxylic acids is 2. The molecule has 2 amide bonds. The van der Waals surface area contributed by atoms with Crippen LogP contribution in [-0.4, -0.2) is 69.7 Å². The number of nitrogens with one attached hydrogen (secondary N) is 1. The van der Waals surface area contributed by atoms with Crippen LogP contribution in [0.5, 0.6) is 0 Å². The van der Waals surface area contributed by atoms with Crippen molar-refractivity contribution in [2.75, 3.05) is 37.6 Å². The minimum Gasteiger partial charge on any atom is -0.322 e. The van der Waals surface area contributed by atoms with Gasteiger partial charge in [-0.2, -0.15) is 5.10 Å². The summed E-state index contributed by atoms with van der Waals surface area (Å²) in [5, 5.41) is 7.70. The van der Waals surface area contributed by atoms with Crippen molar-refractivity contribution in [1.82, 2.24) is 19.6 Å². The molecule has 1 aliphatic heterocycles. The van der Waals surface area contributed by atoms with Gasteiger partial charge in [-0.05, 0) is 38.4 Å². The molecule has 27 heavy (non-hydrogen) atoms. The lowest BCUT2D eigenvalue weighted by Gasteiger charge is -2.23. The molecule has 2 aromatic rings. The van der Waals surface area contributed by atoms with Crippen molar-refractivity contribution in [3.05, 3.63) is 47.2 Å². The second kappa shape index (κ2) is 8.77. The number of rotatable bonds is 6. The van der Waals surface area contributed by atoms with Crippen molar-refractivity contribution < 1.29 is 9.59 Å². The second-order valence-corrected chi connectivity index (χ2v) is 8.02. The summed E-state index contributed by atoms with van der Waals surface area (Å²) in [6.07, 6.45) is 3.43. The van der Waals surface area contributed by atoms with Crippen molar-refractivity contribution in [2.45, 2.75) is 12.6 Å². The molecule has 1 unspecified atom stereocenters. The smallest absolute Gasteiger partial charge is 0.255 e. The first-order valence-electron chi connectivity index (χ1n) is 8.56. The molecule has 7 nitrogen and oxygen atoms in total. The number of carbonyl (C=O) groups is 2. The third-order valence-electron chi connectivity index (χ3n) is 4.21. The molecule has 0 saturated carbocycles. The number of anilines is 1. The van der Waals surface area contributed by atoms with Gasteiger partial charge < -0.3 is 15.1 Å². The standard InChI is InChI=1S/C18H22ClN5O2S/c1-22(2)7-8-23-10-15(9-20-23)21-17(25)16-11-27-12-24(16)18(26)13-3-5-14(19)6-4-13/h3-6,9-10,16H,7-8,11-12H2,1-2H3,(H,21,25). The van der Waals surface area contributed by atoms with E-state index in [2.05, 4.69) is 15.3 Å². The molecule has 1 atom stereocenters. The van der Waals surface area contributed by atoms with Gasteiger partial charge in [-0.3, -0.25) is 14.3 Å². The van der Waals surface area contributed by atoms with Crippen LogP contribution in [0.25, 0.3) is 0 Å². The van der Waals surface area contributed by atoms with Gasteiger partial charge in [-0.15, -0.1) is 11.8 Å². The molecule has 3 rings (SSSR count). The highest BCUT2D eigenvalue weighted by atomic mass is 35.5. The van der Waals surface area contributed by atoms with Crippen molar-refractivity contribution >= 4 is 40.9 Å². The topological polar surface area (TPSA) is 70.5 Å². The van der Waals surface area contributed by atoms with Crippen LogP contribution >= 0.6 is 23.4 Å². The largest absolute Gasteiger partial charge is 0.322 e. The summed E-state index contributed by atoms with van der Waals surface area (Å²) in [5.74, 6) is 0.689. The SMILES string of the molecule is CN(C)CCn1cc(NC(=O)C2CSCN2C(=O)c2ccc(Cl)cc2)cn1. The lowest BCUT2D eigenvalue weighted by molar-refractivity contribution is -0.119. The number of nitrogens with zero attached hydrogens (tertiary/aromatic N) is 4. The van der Waals surface area contributed by atoms with E-state index in [9.17, 15) is 9.59 Å². The Hall–Kier alpha value is -2.03. The first-order valence-corrected chi connectivity index (χ1v) is 10.1. The summed E-state index contributed by atoms with van der Waals surface area (Å²) in [7, 11) is 3.99. The van der Waals surface area contributed by atoms with Crippen LogP contribution in [0.4, 0.5) is 5.69 Å². The highest BCUT2D eigenvalue weighted by Gasteiger charge is 2.35. The van der Waals surface area contributed by atoms with Gasteiger partial charge in [0.25, 0.3) is 5.91 Å². The van der Waals surface area contributed by atoms with Crippen LogP contribution in [0.3, 0.4) is 0 Å². The molecule has 1 aromatic heterocycles. The van der Waals surface area contributed by atoms with Gasteiger partial charge in [0.05, 0.1) is 24.3 Å². The molecular formula is C18H22ClN5O2S. The Morgan fingerprint density at radius 2 is 2.07 bits per heavy atom. The Kier molecular flexibility index (Phi) is 6.41. The average molecular weight is 408 g/mol. The lowest BCUT2D eigenvalue weighted by Crippen LogP contribution is -2.44. The molecule has 0 radical (unpaired) electrons. The Balaban J connectivity index is 1.63. The van der Waals surface area contributed by atoms with Gasteiger partial charge in [0, 0.05) is 29.1 Å². The third kappa shape index (κ3) is 5.03. The highest BCUT2D eigenvalue weighted by Crippen LogP contribution is 2.25. The van der Waals surface area contributed by atoms with Crippen LogP contribution in [0.1, 0.15) is 10.4 Å². The fourth-order valence-electron chi connectivity index (χ4n) is 2.70. The molecule has 0 spiro atoms. The summed E-state index contributed by atoms with van der Waals surface area (Å²) in [6.45, 7) is 1.60. The molecule has 1 fully saturated rings. The lowest BCUT2D eigenvalue weighted by atomic mass is 10.1. The molecule has 0 bridgehead atoms. The molecule has 9 heteroatoms. The number of benzene rings is 1. The third-order valence-corrected chi connectivity index (χ3v) is 5.48. The number of hydrogen-bond acceptors (Lipinski definition) is 5. The van der Waals surface area contributed by atoms with Gasteiger partial charge in [0.15, 0.2) is 0 Å². The maximum atomic E-state index is 12.7. The predicted molar refractivity (Wildman–Crippen MR) is 108 cm³/mol. The van der Waals surface area contributed by atoms with E-state index < -0.39 is 6.04 Å². The summed E-state index contributed by atoms with van der Waals surface area (Å²) < 4.78 is 1.79. The number of amides is 2. The second-order valence-electron chi connectivity index (χ2n) is 6.58. The van der Waals surface area contributed by atoms with Gasteiger partial charge >= 0.3 is 0 Å². The average Bonchev–Trinajstić information content (AvgIpc) is 3.29. The van der Waals surface area contributed by atoms with Crippen LogP contribution < -0.4 is 5.32 Å². The monoisotopic (exact) mass is 407 g/mol. The summed E-state index contributed by atoms with van der Waals surface area (Å²) in [4.78, 5) is 29.1. The Bertz CT molecular complexity index is 808. The van der Waals surface area contributed by atoms with Crippen LogP contribution in [0.2, 0.25) is 5.02 Å². The first-order chi connectivity index (χ1) is 12.9. The van der Waals surface area contributed by atoms with Crippen LogP contribution in [0.15, 0.2) is 36.7 Å². The Labute approximate surface area is 167 Å². The van der Waals surface area contributed by atoms with E-state index in [1.54, 1.807) is 58.0 Å². The Morgan fingerprint density at radius 3 is 2.78 bits per heavy atom. The molecule has 1 aliphatic rings. The minimum atomic E-state index is -0.511. The highest BCUT2D eigenvalue weighted by molar-refractivity contribution is 7.99. The molecule has 2 heterocycles. The van der Waals surface area contributed by atoms with Crippen molar-refractivity contribution in [1.29, 1.82) is 0 Å². The molecule has 1 aromatic carbocycles. The predicted octanol–water partition coefficient (Wildman–Crippen LogP) is 2.25. The zero-order valence-corrected chi connectivity index (χ0v) is 16.8. The quantitative estimate of drug-likeness (QED) is 0.795. The number of thioether (sulfide) groups is 1.